The summed E-state index contributed by atoms with van der Waals surface area (Å²) in [4.78, 5) is 37.1. The van der Waals surface area contributed by atoms with Crippen LogP contribution < -0.4 is 20.5 Å². The Labute approximate surface area is 184 Å². The third-order valence-electron chi connectivity index (χ3n) is 4.41. The molecule has 1 aromatic carbocycles. The van der Waals surface area contributed by atoms with Crippen molar-refractivity contribution >= 4 is 40.8 Å². The van der Waals surface area contributed by atoms with Crippen LogP contribution in [0.4, 0.5) is 19.7 Å². The fourth-order valence-corrected chi connectivity index (χ4v) is 3.88. The number of amides is 2. The van der Waals surface area contributed by atoms with Crippen LogP contribution in [0.25, 0.3) is 5.69 Å². The normalized spacial score (nSPS) is 15.6. The van der Waals surface area contributed by atoms with E-state index < -0.39 is 24.1 Å². The summed E-state index contributed by atoms with van der Waals surface area (Å²) in [6.07, 6.45) is -0.639. The molecule has 11 heteroatoms. The van der Waals surface area contributed by atoms with Gasteiger partial charge < -0.3 is 14.8 Å². The van der Waals surface area contributed by atoms with Gasteiger partial charge in [0.05, 0.1) is 28.8 Å². The molecule has 1 saturated heterocycles. The Morgan fingerprint density at radius 3 is 2.81 bits per heavy atom. The number of aromatic nitrogens is 1. The maximum absolute atomic E-state index is 14.7. The van der Waals surface area contributed by atoms with Gasteiger partial charge in [-0.05, 0) is 30.3 Å². The molecular weight excluding hydrogens is 449 g/mol. The molecule has 31 heavy (non-hydrogen) atoms. The van der Waals surface area contributed by atoms with E-state index in [1.165, 1.54) is 35.0 Å². The summed E-state index contributed by atoms with van der Waals surface area (Å²) in [5.41, 5.74) is 0.0307. The molecule has 1 fully saturated rings. The van der Waals surface area contributed by atoms with Gasteiger partial charge in [-0.1, -0.05) is 29.0 Å². The van der Waals surface area contributed by atoms with Crippen molar-refractivity contribution in [2.45, 2.75) is 6.10 Å². The summed E-state index contributed by atoms with van der Waals surface area (Å²) in [5, 5.41) is 2.82. The lowest BCUT2D eigenvalue weighted by atomic mass is 10.2. The highest BCUT2D eigenvalue weighted by molar-refractivity contribution is 7.17. The first-order chi connectivity index (χ1) is 14.9. The molecule has 1 aliphatic heterocycles. The largest absolute Gasteiger partial charge is 0.442 e. The molecule has 2 aromatic heterocycles. The monoisotopic (exact) mass is 463 g/mol. The van der Waals surface area contributed by atoms with E-state index >= 15 is 0 Å². The fourth-order valence-electron chi connectivity index (χ4n) is 3.01. The van der Waals surface area contributed by atoms with Crippen molar-refractivity contribution in [1.82, 2.24) is 9.88 Å². The molecule has 1 N–H and O–H groups in total. The zero-order valence-corrected chi connectivity index (χ0v) is 17.4. The first-order valence-corrected chi connectivity index (χ1v) is 10.3. The van der Waals surface area contributed by atoms with Crippen LogP contribution in [-0.2, 0) is 4.74 Å². The van der Waals surface area contributed by atoms with Crippen LogP contribution in [0.1, 0.15) is 0 Å². The Balaban J connectivity index is 1.39. The SMILES string of the molecule is O=C(NC[C@H]1CN(c2ccc(-n3ccccc3=O)cc2F)C(=O)O1)Oc1ccc(Cl)s1. The van der Waals surface area contributed by atoms with Crippen molar-refractivity contribution in [2.75, 3.05) is 18.0 Å². The van der Waals surface area contributed by atoms with Gasteiger partial charge in [0, 0.05) is 18.3 Å². The van der Waals surface area contributed by atoms with E-state index in [1.807, 2.05) is 0 Å². The van der Waals surface area contributed by atoms with E-state index in [-0.39, 0.29) is 24.3 Å². The molecule has 2 amide bonds. The van der Waals surface area contributed by atoms with Gasteiger partial charge in [0.2, 0.25) is 0 Å². The van der Waals surface area contributed by atoms with Gasteiger partial charge in [0.1, 0.15) is 11.9 Å². The van der Waals surface area contributed by atoms with Gasteiger partial charge in [0.15, 0.2) is 5.06 Å². The Kier molecular flexibility index (Phi) is 5.92. The Morgan fingerprint density at radius 1 is 1.26 bits per heavy atom. The smallest absolute Gasteiger partial charge is 0.414 e. The molecule has 8 nitrogen and oxygen atoms in total. The van der Waals surface area contributed by atoms with Crippen LogP contribution >= 0.6 is 22.9 Å². The number of hydrogen-bond donors (Lipinski definition) is 1. The molecule has 3 heterocycles. The van der Waals surface area contributed by atoms with Crippen LogP contribution in [0.3, 0.4) is 0 Å². The van der Waals surface area contributed by atoms with Gasteiger partial charge in [-0.2, -0.15) is 0 Å². The average Bonchev–Trinajstić information content (AvgIpc) is 3.31. The quantitative estimate of drug-likeness (QED) is 0.621. The third-order valence-corrected chi connectivity index (χ3v) is 5.52. The predicted molar refractivity (Wildman–Crippen MR) is 113 cm³/mol. The molecule has 4 rings (SSSR count). The van der Waals surface area contributed by atoms with Crippen molar-refractivity contribution in [3.63, 3.8) is 0 Å². The van der Waals surface area contributed by atoms with Crippen LogP contribution in [0, 0.1) is 5.82 Å². The molecule has 1 atom stereocenters. The number of halogens is 2. The van der Waals surface area contributed by atoms with Crippen molar-refractivity contribution in [3.05, 3.63) is 75.2 Å². The molecular formula is C20H15ClFN3O5S. The molecule has 0 radical (unpaired) electrons. The predicted octanol–water partition coefficient (Wildman–Crippen LogP) is 3.81. The standard InChI is InChI=1S/C20H15ClFN3O5S/c21-16-6-7-18(31-16)30-19(27)23-10-13-11-25(20(28)29-13)15-5-4-12(9-14(15)22)24-8-2-1-3-17(24)26/h1-9,13H,10-11H2,(H,23,27)/t13-/m0/s1. The van der Waals surface area contributed by atoms with E-state index in [1.54, 1.807) is 24.3 Å². The summed E-state index contributed by atoms with van der Waals surface area (Å²) in [7, 11) is 0. The van der Waals surface area contributed by atoms with Gasteiger partial charge in [-0.25, -0.2) is 14.0 Å². The van der Waals surface area contributed by atoms with Crippen molar-refractivity contribution in [1.29, 1.82) is 0 Å². The molecule has 0 bridgehead atoms. The summed E-state index contributed by atoms with van der Waals surface area (Å²) in [6, 6.07) is 11.8. The molecule has 1 aliphatic rings. The number of pyridine rings is 1. The number of anilines is 1. The van der Waals surface area contributed by atoms with Gasteiger partial charge in [-0.3, -0.25) is 14.3 Å². The van der Waals surface area contributed by atoms with Gasteiger partial charge in [0.25, 0.3) is 5.56 Å². The lowest BCUT2D eigenvalue weighted by Crippen LogP contribution is -2.36. The minimum Gasteiger partial charge on any atom is -0.442 e. The van der Waals surface area contributed by atoms with E-state index in [0.717, 1.165) is 16.2 Å². The first kappa shape index (κ1) is 20.9. The molecule has 160 valence electrons. The summed E-state index contributed by atoms with van der Waals surface area (Å²) in [6.45, 7) is 0.0186. The Hall–Kier alpha value is -3.37. The van der Waals surface area contributed by atoms with Crippen LogP contribution in [0.2, 0.25) is 4.34 Å². The number of benzene rings is 1. The van der Waals surface area contributed by atoms with E-state index in [2.05, 4.69) is 5.32 Å². The zero-order valence-electron chi connectivity index (χ0n) is 15.8. The highest BCUT2D eigenvalue weighted by atomic mass is 35.5. The van der Waals surface area contributed by atoms with E-state index in [0.29, 0.717) is 15.1 Å². The van der Waals surface area contributed by atoms with Crippen molar-refractivity contribution < 1.29 is 23.5 Å². The van der Waals surface area contributed by atoms with Gasteiger partial charge >= 0.3 is 12.2 Å². The van der Waals surface area contributed by atoms with Crippen molar-refractivity contribution in [3.8, 4) is 10.8 Å². The van der Waals surface area contributed by atoms with Crippen LogP contribution in [0.5, 0.6) is 5.06 Å². The number of hydrogen-bond acceptors (Lipinski definition) is 6. The number of cyclic esters (lactones) is 1. The summed E-state index contributed by atoms with van der Waals surface area (Å²) >= 11 is 6.88. The average molecular weight is 464 g/mol. The second kappa shape index (κ2) is 8.78. The maximum atomic E-state index is 14.7. The van der Waals surface area contributed by atoms with Crippen LogP contribution in [0.15, 0.2) is 59.5 Å². The fraction of sp³-hybridized carbons (Fsp3) is 0.150. The number of thiophene rings is 1. The Morgan fingerprint density at radius 2 is 2.10 bits per heavy atom. The second-order valence-corrected chi connectivity index (χ2v) is 8.17. The minimum absolute atomic E-state index is 0.0102. The zero-order chi connectivity index (χ0) is 22.0. The molecule has 0 saturated carbocycles. The number of nitrogens with one attached hydrogen (secondary N) is 1. The lowest BCUT2D eigenvalue weighted by Gasteiger charge is -2.15. The minimum atomic E-state index is -0.742. The highest BCUT2D eigenvalue weighted by Gasteiger charge is 2.34. The molecule has 0 unspecified atom stereocenters. The topological polar surface area (TPSA) is 89.9 Å². The van der Waals surface area contributed by atoms with E-state index in [4.69, 9.17) is 21.1 Å². The molecule has 0 aliphatic carbocycles. The third kappa shape index (κ3) is 4.70. The van der Waals surface area contributed by atoms with Crippen LogP contribution in [-0.4, -0.2) is 35.9 Å². The number of ether oxygens (including phenoxy) is 2. The number of rotatable bonds is 5. The first-order valence-electron chi connectivity index (χ1n) is 9.07. The second-order valence-electron chi connectivity index (χ2n) is 6.49. The molecule has 3 aromatic rings. The Bertz CT molecular complexity index is 1200. The summed E-state index contributed by atoms with van der Waals surface area (Å²) < 4.78 is 26.7. The molecule has 0 spiro atoms. The van der Waals surface area contributed by atoms with Gasteiger partial charge in [-0.15, -0.1) is 0 Å². The number of carbonyl (C=O) groups excluding carboxylic acids is 2. The maximum Gasteiger partial charge on any atom is 0.414 e. The number of nitrogens with zero attached hydrogens (tertiary/aromatic N) is 2. The van der Waals surface area contributed by atoms with Crippen molar-refractivity contribution in [2.24, 2.45) is 0 Å². The number of carbonyl (C=O) groups is 2. The lowest BCUT2D eigenvalue weighted by molar-refractivity contribution is 0.137. The summed E-state index contributed by atoms with van der Waals surface area (Å²) in [5.74, 6) is -0.687. The highest BCUT2D eigenvalue weighted by Crippen LogP contribution is 2.28. The van der Waals surface area contributed by atoms with E-state index in [9.17, 15) is 18.8 Å².